The Balaban J connectivity index is 2.55. The van der Waals surface area contributed by atoms with Crippen molar-refractivity contribution in [2.24, 2.45) is 0 Å². The number of hydrogen-bond acceptors (Lipinski definition) is 3. The highest BCUT2D eigenvalue weighted by Crippen LogP contribution is 2.20. The minimum atomic E-state index is -1.20. The van der Waals surface area contributed by atoms with Crippen molar-refractivity contribution < 1.29 is 14.3 Å². The fourth-order valence-electron chi connectivity index (χ4n) is 1.60. The number of thioether (sulfide) groups is 1. The number of hydrogen-bond donors (Lipinski definition) is 2. The molecule has 0 saturated carbocycles. The molecule has 0 bridgehead atoms. The smallest absolute Gasteiger partial charge is 0.221 e. The van der Waals surface area contributed by atoms with Crippen LogP contribution in [-0.2, 0) is 10.4 Å². The van der Waals surface area contributed by atoms with Gasteiger partial charge in [0.25, 0.3) is 0 Å². The summed E-state index contributed by atoms with van der Waals surface area (Å²) in [5.74, 6) is -0.443. The summed E-state index contributed by atoms with van der Waals surface area (Å²) in [6, 6.07) is 5.63. The Hall–Kier alpha value is -1.07. The molecule has 0 spiro atoms. The summed E-state index contributed by atoms with van der Waals surface area (Å²) in [6.45, 7) is 3.68. The van der Waals surface area contributed by atoms with E-state index in [1.807, 2.05) is 13.2 Å². The SMILES string of the molecule is CSC(C)CC(=O)NCC(C)(O)c1ccc(F)cc1. The third-order valence-electron chi connectivity index (χ3n) is 2.97. The van der Waals surface area contributed by atoms with Crippen molar-refractivity contribution in [2.75, 3.05) is 12.8 Å². The van der Waals surface area contributed by atoms with Gasteiger partial charge in [0.05, 0.1) is 6.54 Å². The molecular weight excluding hydrogens is 265 g/mol. The van der Waals surface area contributed by atoms with Gasteiger partial charge in [0.2, 0.25) is 5.91 Å². The molecule has 0 aliphatic heterocycles. The van der Waals surface area contributed by atoms with E-state index in [2.05, 4.69) is 5.32 Å². The van der Waals surface area contributed by atoms with Gasteiger partial charge in [-0.3, -0.25) is 4.79 Å². The van der Waals surface area contributed by atoms with Crippen molar-refractivity contribution in [3.05, 3.63) is 35.6 Å². The first kappa shape index (κ1) is 16.0. The van der Waals surface area contributed by atoms with Crippen LogP contribution in [0.5, 0.6) is 0 Å². The van der Waals surface area contributed by atoms with E-state index >= 15 is 0 Å². The largest absolute Gasteiger partial charge is 0.384 e. The summed E-state index contributed by atoms with van der Waals surface area (Å²) in [6.07, 6.45) is 2.37. The van der Waals surface area contributed by atoms with Crippen LogP contribution in [0.3, 0.4) is 0 Å². The lowest BCUT2D eigenvalue weighted by molar-refractivity contribution is -0.122. The average Bonchev–Trinajstić information content (AvgIpc) is 2.37. The topological polar surface area (TPSA) is 49.3 Å². The van der Waals surface area contributed by atoms with Crippen LogP contribution < -0.4 is 5.32 Å². The molecule has 2 N–H and O–H groups in total. The maximum absolute atomic E-state index is 12.8. The fourth-order valence-corrected chi connectivity index (χ4v) is 1.92. The van der Waals surface area contributed by atoms with Crippen LogP contribution in [0.4, 0.5) is 4.39 Å². The third-order valence-corrected chi connectivity index (χ3v) is 3.94. The molecule has 3 nitrogen and oxygen atoms in total. The normalized spacial score (nSPS) is 15.6. The lowest BCUT2D eigenvalue weighted by atomic mass is 9.96. The fraction of sp³-hybridized carbons (Fsp3) is 0.500. The summed E-state index contributed by atoms with van der Waals surface area (Å²) in [7, 11) is 0. The van der Waals surface area contributed by atoms with Crippen LogP contribution >= 0.6 is 11.8 Å². The van der Waals surface area contributed by atoms with E-state index in [-0.39, 0.29) is 23.5 Å². The molecule has 1 aromatic rings. The number of aliphatic hydroxyl groups is 1. The second kappa shape index (κ2) is 6.91. The average molecular weight is 285 g/mol. The van der Waals surface area contributed by atoms with Crippen molar-refractivity contribution in [3.63, 3.8) is 0 Å². The molecule has 1 amide bonds. The lowest BCUT2D eigenvalue weighted by Gasteiger charge is -2.24. The van der Waals surface area contributed by atoms with Crippen LogP contribution in [0.2, 0.25) is 0 Å². The monoisotopic (exact) mass is 285 g/mol. The first-order chi connectivity index (χ1) is 8.85. The highest BCUT2D eigenvalue weighted by atomic mass is 32.2. The molecule has 0 heterocycles. The summed E-state index contributed by atoms with van der Waals surface area (Å²) in [5.41, 5.74) is -0.626. The zero-order chi connectivity index (χ0) is 14.5. The maximum atomic E-state index is 12.8. The number of carbonyl (C=O) groups excluding carboxylic acids is 1. The Bertz CT molecular complexity index is 420. The van der Waals surface area contributed by atoms with Crippen LogP contribution in [0.15, 0.2) is 24.3 Å². The second-order valence-electron chi connectivity index (χ2n) is 4.81. The minimum absolute atomic E-state index is 0.0933. The second-order valence-corrected chi connectivity index (χ2v) is 6.08. The molecule has 0 saturated heterocycles. The maximum Gasteiger partial charge on any atom is 0.221 e. The van der Waals surface area contributed by atoms with Crippen molar-refractivity contribution in [1.29, 1.82) is 0 Å². The van der Waals surface area contributed by atoms with Gasteiger partial charge in [-0.05, 0) is 30.9 Å². The third kappa shape index (κ3) is 5.20. The zero-order valence-electron chi connectivity index (χ0n) is 11.4. The Morgan fingerprint density at radius 1 is 1.47 bits per heavy atom. The minimum Gasteiger partial charge on any atom is -0.384 e. The van der Waals surface area contributed by atoms with E-state index < -0.39 is 5.60 Å². The van der Waals surface area contributed by atoms with Gasteiger partial charge in [0.1, 0.15) is 11.4 Å². The van der Waals surface area contributed by atoms with Crippen molar-refractivity contribution in [3.8, 4) is 0 Å². The van der Waals surface area contributed by atoms with Crippen molar-refractivity contribution in [1.82, 2.24) is 5.32 Å². The number of nitrogens with one attached hydrogen (secondary N) is 1. The summed E-state index contributed by atoms with van der Waals surface area (Å²) in [4.78, 5) is 11.6. The molecule has 0 aliphatic carbocycles. The van der Waals surface area contributed by atoms with Gasteiger partial charge in [-0.1, -0.05) is 19.1 Å². The first-order valence-electron chi connectivity index (χ1n) is 6.13. The summed E-state index contributed by atoms with van der Waals surface area (Å²) >= 11 is 1.62. The molecule has 106 valence electrons. The Kier molecular flexibility index (Phi) is 5.82. The number of amides is 1. The van der Waals surface area contributed by atoms with E-state index in [9.17, 15) is 14.3 Å². The van der Waals surface area contributed by atoms with Gasteiger partial charge in [0, 0.05) is 11.7 Å². The van der Waals surface area contributed by atoms with Crippen LogP contribution in [0.25, 0.3) is 0 Å². The molecule has 0 aromatic heterocycles. The van der Waals surface area contributed by atoms with Crippen molar-refractivity contribution >= 4 is 17.7 Å². The number of carbonyl (C=O) groups is 1. The van der Waals surface area contributed by atoms with Crippen LogP contribution in [0, 0.1) is 5.82 Å². The molecular formula is C14H20FNO2S. The van der Waals surface area contributed by atoms with Crippen LogP contribution in [-0.4, -0.2) is 29.1 Å². The Labute approximate surface area is 117 Å². The van der Waals surface area contributed by atoms with E-state index in [1.165, 1.54) is 24.3 Å². The van der Waals surface area contributed by atoms with Gasteiger partial charge in [-0.15, -0.1) is 0 Å². The molecule has 0 aliphatic rings. The standard InChI is InChI=1S/C14H20FNO2S/c1-10(19-3)8-13(17)16-9-14(2,18)11-4-6-12(15)7-5-11/h4-7,10,18H,8-9H2,1-3H3,(H,16,17). The predicted octanol–water partition coefficient (Wildman–Crippen LogP) is 2.29. The first-order valence-corrected chi connectivity index (χ1v) is 7.42. The van der Waals surface area contributed by atoms with Gasteiger partial charge in [0.15, 0.2) is 0 Å². The Morgan fingerprint density at radius 2 is 2.05 bits per heavy atom. The molecule has 1 rings (SSSR count). The van der Waals surface area contributed by atoms with Crippen LogP contribution in [0.1, 0.15) is 25.8 Å². The lowest BCUT2D eigenvalue weighted by Crippen LogP contribution is -2.39. The van der Waals surface area contributed by atoms with E-state index in [0.29, 0.717) is 12.0 Å². The molecule has 2 atom stereocenters. The molecule has 1 aromatic carbocycles. The zero-order valence-corrected chi connectivity index (χ0v) is 12.3. The van der Waals surface area contributed by atoms with E-state index in [1.54, 1.807) is 18.7 Å². The number of rotatable bonds is 6. The molecule has 5 heteroatoms. The summed E-state index contributed by atoms with van der Waals surface area (Å²) in [5, 5.41) is 13.2. The van der Waals surface area contributed by atoms with Gasteiger partial charge >= 0.3 is 0 Å². The number of halogens is 1. The molecule has 0 fully saturated rings. The Morgan fingerprint density at radius 3 is 2.58 bits per heavy atom. The highest BCUT2D eigenvalue weighted by molar-refractivity contribution is 7.99. The quantitative estimate of drug-likeness (QED) is 0.843. The van der Waals surface area contributed by atoms with E-state index in [4.69, 9.17) is 0 Å². The van der Waals surface area contributed by atoms with Crippen molar-refractivity contribution in [2.45, 2.75) is 31.1 Å². The van der Waals surface area contributed by atoms with Gasteiger partial charge < -0.3 is 10.4 Å². The van der Waals surface area contributed by atoms with Gasteiger partial charge in [-0.2, -0.15) is 11.8 Å². The molecule has 0 radical (unpaired) electrons. The molecule has 2 unspecified atom stereocenters. The molecule has 19 heavy (non-hydrogen) atoms. The predicted molar refractivity (Wildman–Crippen MR) is 76.6 cm³/mol. The van der Waals surface area contributed by atoms with E-state index in [0.717, 1.165) is 0 Å². The highest BCUT2D eigenvalue weighted by Gasteiger charge is 2.24. The van der Waals surface area contributed by atoms with Gasteiger partial charge in [-0.25, -0.2) is 4.39 Å². The summed E-state index contributed by atoms with van der Waals surface area (Å²) < 4.78 is 12.8. The number of benzene rings is 1.